The molecule has 3 rings (SSSR count). The zero-order chi connectivity index (χ0) is 26.0. The fraction of sp³-hybridized carbons (Fsp3) is 0.304. The molecule has 1 saturated heterocycles. The van der Waals surface area contributed by atoms with E-state index >= 15 is 0 Å². The van der Waals surface area contributed by atoms with Crippen LogP contribution in [0.1, 0.15) is 39.1 Å². The Hall–Kier alpha value is -4.09. The van der Waals surface area contributed by atoms with E-state index < -0.39 is 12.1 Å². The number of alkyl halides is 3. The van der Waals surface area contributed by atoms with E-state index in [2.05, 4.69) is 5.32 Å². The number of nitrogens with two attached hydrogens (primary N) is 1. The van der Waals surface area contributed by atoms with E-state index in [0.717, 1.165) is 25.9 Å². The molecule has 0 spiro atoms. The molecule has 35 heavy (non-hydrogen) atoms. The van der Waals surface area contributed by atoms with E-state index in [0.29, 0.717) is 35.6 Å². The van der Waals surface area contributed by atoms with Crippen molar-refractivity contribution in [3.05, 3.63) is 65.2 Å². The first-order chi connectivity index (χ1) is 16.5. The molecule has 0 saturated carbocycles. The number of amidine groups is 1. The SMILES string of the molecule is N=C(N)c1cccc(OCCNC(=O)c2ccc(C(=O)N3CCCC3)cc2)c1.O=C(O)C(F)(F)F. The summed E-state index contributed by atoms with van der Waals surface area (Å²) in [5.74, 6) is -2.39. The first-order valence-corrected chi connectivity index (χ1v) is 10.5. The molecule has 0 aliphatic carbocycles. The van der Waals surface area contributed by atoms with E-state index in [1.807, 2.05) is 4.90 Å². The second kappa shape index (κ2) is 12.4. The number of benzene rings is 2. The highest BCUT2D eigenvalue weighted by Gasteiger charge is 2.38. The molecule has 0 aromatic heterocycles. The van der Waals surface area contributed by atoms with Gasteiger partial charge in [0.1, 0.15) is 18.2 Å². The Bertz CT molecular complexity index is 1050. The van der Waals surface area contributed by atoms with Crippen molar-refractivity contribution in [2.24, 2.45) is 5.73 Å². The standard InChI is InChI=1S/C21H24N4O3.C2HF3O2/c22-19(23)17-4-3-5-18(14-17)28-13-10-24-20(26)15-6-8-16(9-7-15)21(27)25-11-1-2-12-25;3-2(4,5)1(6)7/h3-9,14H,1-2,10-13H2,(H3,22,23)(H,24,26);(H,6,7). The Morgan fingerprint density at radius 2 is 1.60 bits per heavy atom. The molecule has 1 heterocycles. The number of nitrogens with zero attached hydrogens (tertiary/aromatic N) is 1. The molecule has 5 N–H and O–H groups in total. The number of carbonyl (C=O) groups is 3. The first-order valence-electron chi connectivity index (χ1n) is 10.5. The molecule has 1 aliphatic rings. The number of hydrogen-bond acceptors (Lipinski definition) is 5. The minimum Gasteiger partial charge on any atom is -0.492 e. The quantitative estimate of drug-likeness (QED) is 0.265. The highest BCUT2D eigenvalue weighted by molar-refractivity contribution is 5.98. The van der Waals surface area contributed by atoms with Gasteiger partial charge in [0, 0.05) is 29.8 Å². The maximum absolute atomic E-state index is 12.3. The van der Waals surface area contributed by atoms with Crippen LogP contribution in [0.4, 0.5) is 13.2 Å². The number of nitrogens with one attached hydrogen (secondary N) is 2. The van der Waals surface area contributed by atoms with E-state index in [1.54, 1.807) is 48.5 Å². The Morgan fingerprint density at radius 1 is 1.03 bits per heavy atom. The van der Waals surface area contributed by atoms with Gasteiger partial charge in [-0.3, -0.25) is 15.0 Å². The van der Waals surface area contributed by atoms with Crippen LogP contribution in [0.2, 0.25) is 0 Å². The highest BCUT2D eigenvalue weighted by atomic mass is 19.4. The topological polar surface area (TPSA) is 146 Å². The highest BCUT2D eigenvalue weighted by Crippen LogP contribution is 2.15. The predicted octanol–water partition coefficient (Wildman–Crippen LogP) is 2.65. The molecule has 9 nitrogen and oxygen atoms in total. The van der Waals surface area contributed by atoms with Gasteiger partial charge in [-0.25, -0.2) is 4.79 Å². The Kier molecular flexibility index (Phi) is 9.62. The van der Waals surface area contributed by atoms with Crippen LogP contribution in [-0.4, -0.2) is 66.0 Å². The number of nitrogen functional groups attached to an aromatic ring is 1. The smallest absolute Gasteiger partial charge is 0.490 e. The minimum atomic E-state index is -5.08. The van der Waals surface area contributed by atoms with Gasteiger partial charge in [-0.05, 0) is 49.2 Å². The normalized spacial score (nSPS) is 12.8. The third kappa shape index (κ3) is 8.65. The van der Waals surface area contributed by atoms with Crippen LogP contribution < -0.4 is 15.8 Å². The Labute approximate surface area is 199 Å². The third-order valence-corrected chi connectivity index (χ3v) is 4.83. The van der Waals surface area contributed by atoms with Crippen LogP contribution in [0, 0.1) is 5.41 Å². The average Bonchev–Trinajstić information content (AvgIpc) is 3.36. The van der Waals surface area contributed by atoms with Gasteiger partial charge in [0.2, 0.25) is 0 Å². The molecule has 2 amide bonds. The molecule has 188 valence electrons. The van der Waals surface area contributed by atoms with Crippen LogP contribution in [-0.2, 0) is 4.79 Å². The van der Waals surface area contributed by atoms with E-state index in [4.69, 9.17) is 25.8 Å². The summed E-state index contributed by atoms with van der Waals surface area (Å²) in [4.78, 5) is 35.3. The van der Waals surface area contributed by atoms with Crippen LogP contribution in [0.15, 0.2) is 48.5 Å². The summed E-state index contributed by atoms with van der Waals surface area (Å²) in [6.45, 7) is 2.23. The number of carboxylic acid groups (broad SMARTS) is 1. The fourth-order valence-electron chi connectivity index (χ4n) is 3.06. The molecular weight excluding hydrogens is 469 g/mol. The lowest BCUT2D eigenvalue weighted by molar-refractivity contribution is -0.192. The lowest BCUT2D eigenvalue weighted by Gasteiger charge is -2.15. The molecular formula is C23H25F3N4O5. The largest absolute Gasteiger partial charge is 0.492 e. The molecule has 0 bridgehead atoms. The molecule has 0 unspecified atom stereocenters. The number of amides is 2. The van der Waals surface area contributed by atoms with Gasteiger partial charge in [-0.15, -0.1) is 0 Å². The van der Waals surface area contributed by atoms with Gasteiger partial charge in [-0.2, -0.15) is 13.2 Å². The fourth-order valence-corrected chi connectivity index (χ4v) is 3.06. The average molecular weight is 494 g/mol. The van der Waals surface area contributed by atoms with Crippen molar-refractivity contribution in [1.82, 2.24) is 10.2 Å². The van der Waals surface area contributed by atoms with Gasteiger partial charge < -0.3 is 25.8 Å². The predicted molar refractivity (Wildman–Crippen MR) is 121 cm³/mol. The lowest BCUT2D eigenvalue weighted by atomic mass is 10.1. The molecule has 2 aromatic carbocycles. The van der Waals surface area contributed by atoms with Gasteiger partial charge in [0.15, 0.2) is 0 Å². The zero-order valence-electron chi connectivity index (χ0n) is 18.6. The first kappa shape index (κ1) is 27.2. The summed E-state index contributed by atoms with van der Waals surface area (Å²) in [5, 5.41) is 17.3. The van der Waals surface area contributed by atoms with Gasteiger partial charge in [0.25, 0.3) is 11.8 Å². The second-order valence-corrected chi connectivity index (χ2v) is 7.43. The summed E-state index contributed by atoms with van der Waals surface area (Å²) in [7, 11) is 0. The summed E-state index contributed by atoms with van der Waals surface area (Å²) in [5.41, 5.74) is 7.14. The number of carbonyl (C=O) groups excluding carboxylic acids is 2. The van der Waals surface area contributed by atoms with Crippen molar-refractivity contribution in [2.75, 3.05) is 26.2 Å². The maximum atomic E-state index is 12.3. The van der Waals surface area contributed by atoms with Crippen LogP contribution in [0.25, 0.3) is 0 Å². The Balaban J connectivity index is 0.000000540. The van der Waals surface area contributed by atoms with E-state index in [-0.39, 0.29) is 17.6 Å². The molecule has 2 aromatic rings. The van der Waals surface area contributed by atoms with Crippen LogP contribution >= 0.6 is 0 Å². The number of ether oxygens (including phenoxy) is 1. The van der Waals surface area contributed by atoms with Crippen molar-refractivity contribution in [3.63, 3.8) is 0 Å². The number of carboxylic acids is 1. The van der Waals surface area contributed by atoms with Crippen molar-refractivity contribution >= 4 is 23.6 Å². The number of aliphatic carboxylic acids is 1. The third-order valence-electron chi connectivity index (χ3n) is 4.83. The second-order valence-electron chi connectivity index (χ2n) is 7.43. The maximum Gasteiger partial charge on any atom is 0.490 e. The summed E-state index contributed by atoms with van der Waals surface area (Å²) < 4.78 is 37.3. The monoisotopic (exact) mass is 494 g/mol. The molecule has 1 aliphatic heterocycles. The van der Waals surface area contributed by atoms with Crippen molar-refractivity contribution in [1.29, 1.82) is 5.41 Å². The Morgan fingerprint density at radius 3 is 2.14 bits per heavy atom. The lowest BCUT2D eigenvalue weighted by Crippen LogP contribution is -2.29. The van der Waals surface area contributed by atoms with E-state index in [1.165, 1.54) is 0 Å². The molecule has 12 heteroatoms. The van der Waals surface area contributed by atoms with Crippen molar-refractivity contribution < 1.29 is 37.4 Å². The summed E-state index contributed by atoms with van der Waals surface area (Å²) in [6, 6.07) is 13.7. The van der Waals surface area contributed by atoms with Crippen molar-refractivity contribution in [3.8, 4) is 5.75 Å². The molecule has 0 atom stereocenters. The van der Waals surface area contributed by atoms with E-state index in [9.17, 15) is 22.8 Å². The summed E-state index contributed by atoms with van der Waals surface area (Å²) >= 11 is 0. The van der Waals surface area contributed by atoms with Gasteiger partial charge in [-0.1, -0.05) is 12.1 Å². The minimum absolute atomic E-state index is 0.0191. The van der Waals surface area contributed by atoms with Crippen molar-refractivity contribution in [2.45, 2.75) is 19.0 Å². The van der Waals surface area contributed by atoms with Gasteiger partial charge in [0.05, 0.1) is 6.54 Å². The molecule has 0 radical (unpaired) electrons. The number of rotatable bonds is 7. The molecule has 1 fully saturated rings. The van der Waals surface area contributed by atoms with Crippen LogP contribution in [0.3, 0.4) is 0 Å². The number of hydrogen-bond donors (Lipinski definition) is 4. The summed E-state index contributed by atoms with van der Waals surface area (Å²) in [6.07, 6.45) is -2.99. The number of likely N-dealkylation sites (tertiary alicyclic amines) is 1. The zero-order valence-corrected chi connectivity index (χ0v) is 18.6. The van der Waals surface area contributed by atoms with Gasteiger partial charge >= 0.3 is 12.1 Å². The van der Waals surface area contributed by atoms with Crippen LogP contribution in [0.5, 0.6) is 5.75 Å². The number of halogens is 3.